The molecule has 2 heteroatoms. The molecular formula is C17H28N2. The maximum atomic E-state index is 3.62. The predicted molar refractivity (Wildman–Crippen MR) is 82.4 cm³/mol. The van der Waals surface area contributed by atoms with Crippen LogP contribution >= 0.6 is 0 Å². The van der Waals surface area contributed by atoms with E-state index in [2.05, 4.69) is 55.4 Å². The van der Waals surface area contributed by atoms with Crippen molar-refractivity contribution < 1.29 is 0 Å². The van der Waals surface area contributed by atoms with Crippen LogP contribution in [0.1, 0.15) is 43.4 Å². The van der Waals surface area contributed by atoms with Gasteiger partial charge in [-0.15, -0.1) is 0 Å². The lowest BCUT2D eigenvalue weighted by molar-refractivity contribution is 0.297. The molecule has 1 aliphatic rings. The summed E-state index contributed by atoms with van der Waals surface area (Å²) in [5.41, 5.74) is 2.79. The van der Waals surface area contributed by atoms with Crippen molar-refractivity contribution in [2.24, 2.45) is 5.92 Å². The van der Waals surface area contributed by atoms with Crippen LogP contribution in [0.5, 0.6) is 0 Å². The summed E-state index contributed by atoms with van der Waals surface area (Å²) >= 11 is 0. The number of hydrogen-bond donors (Lipinski definition) is 1. The zero-order chi connectivity index (χ0) is 13.7. The fourth-order valence-corrected chi connectivity index (χ4v) is 2.70. The molecule has 1 aromatic rings. The molecule has 0 heterocycles. The lowest BCUT2D eigenvalue weighted by atomic mass is 10.0. The van der Waals surface area contributed by atoms with Crippen molar-refractivity contribution in [3.8, 4) is 0 Å². The van der Waals surface area contributed by atoms with Crippen LogP contribution in [0.15, 0.2) is 24.3 Å². The Bertz CT molecular complexity index is 385. The van der Waals surface area contributed by atoms with Gasteiger partial charge in [-0.2, -0.15) is 0 Å². The third-order valence-electron chi connectivity index (χ3n) is 3.96. The number of nitrogens with one attached hydrogen (secondary N) is 1. The van der Waals surface area contributed by atoms with Crippen molar-refractivity contribution in [1.29, 1.82) is 0 Å². The zero-order valence-corrected chi connectivity index (χ0v) is 12.7. The summed E-state index contributed by atoms with van der Waals surface area (Å²) in [5, 5.41) is 3.62. The Morgan fingerprint density at radius 2 is 2.16 bits per heavy atom. The summed E-state index contributed by atoms with van der Waals surface area (Å²) < 4.78 is 0. The maximum Gasteiger partial charge on any atom is 0.0332 e. The lowest BCUT2D eigenvalue weighted by Gasteiger charge is -2.23. The number of nitrogens with zero attached hydrogens (tertiary/aromatic N) is 1. The van der Waals surface area contributed by atoms with Gasteiger partial charge >= 0.3 is 0 Å². The first-order valence-electron chi connectivity index (χ1n) is 7.67. The molecule has 0 spiro atoms. The number of benzene rings is 1. The average Bonchev–Trinajstić information content (AvgIpc) is 3.18. The first-order chi connectivity index (χ1) is 9.19. The molecule has 2 nitrogen and oxygen atoms in total. The maximum absolute atomic E-state index is 3.62. The second kappa shape index (κ2) is 7.06. The van der Waals surface area contributed by atoms with E-state index >= 15 is 0 Å². The molecule has 1 N–H and O–H groups in total. The molecule has 1 aliphatic carbocycles. The second-order valence-electron chi connectivity index (χ2n) is 6.02. The van der Waals surface area contributed by atoms with Gasteiger partial charge in [0.2, 0.25) is 0 Å². The minimum Gasteiger partial charge on any atom is -0.310 e. The van der Waals surface area contributed by atoms with Crippen molar-refractivity contribution in [1.82, 2.24) is 10.2 Å². The van der Waals surface area contributed by atoms with Gasteiger partial charge in [-0.25, -0.2) is 0 Å². The van der Waals surface area contributed by atoms with Gasteiger partial charge in [-0.3, -0.25) is 0 Å². The van der Waals surface area contributed by atoms with Crippen LogP contribution in [0, 0.1) is 12.8 Å². The highest BCUT2D eigenvalue weighted by Crippen LogP contribution is 2.29. The summed E-state index contributed by atoms with van der Waals surface area (Å²) in [4.78, 5) is 2.50. The van der Waals surface area contributed by atoms with Gasteiger partial charge in [0.1, 0.15) is 0 Å². The van der Waals surface area contributed by atoms with Crippen molar-refractivity contribution >= 4 is 0 Å². The molecule has 2 rings (SSSR count). The SMILES string of the molecule is CCNC(CCN(C)CC1CC1)c1cccc(C)c1. The smallest absolute Gasteiger partial charge is 0.0332 e. The summed E-state index contributed by atoms with van der Waals surface area (Å²) in [6, 6.07) is 9.40. The second-order valence-corrected chi connectivity index (χ2v) is 6.02. The van der Waals surface area contributed by atoms with E-state index in [9.17, 15) is 0 Å². The Morgan fingerprint density at radius 1 is 1.37 bits per heavy atom. The first kappa shape index (κ1) is 14.5. The first-order valence-corrected chi connectivity index (χ1v) is 7.67. The Kier molecular flexibility index (Phi) is 5.41. The predicted octanol–water partition coefficient (Wildman–Crippen LogP) is 3.38. The van der Waals surface area contributed by atoms with E-state index in [0.717, 1.165) is 12.5 Å². The molecule has 1 fully saturated rings. The number of rotatable bonds is 8. The van der Waals surface area contributed by atoms with E-state index in [0.29, 0.717) is 6.04 Å². The molecule has 0 bridgehead atoms. The Hall–Kier alpha value is -0.860. The average molecular weight is 260 g/mol. The molecule has 1 aromatic carbocycles. The molecule has 0 radical (unpaired) electrons. The third kappa shape index (κ3) is 4.96. The Labute approximate surface area is 118 Å². The van der Waals surface area contributed by atoms with Gasteiger partial charge in [0.05, 0.1) is 0 Å². The standard InChI is InChI=1S/C17H28N2/c1-4-18-17(16-7-5-6-14(2)12-16)10-11-19(3)13-15-8-9-15/h5-7,12,15,17-18H,4,8-11,13H2,1-3H3. The quantitative estimate of drug-likeness (QED) is 0.771. The van der Waals surface area contributed by atoms with Crippen LogP contribution in [0.3, 0.4) is 0 Å². The topological polar surface area (TPSA) is 15.3 Å². The normalized spacial score (nSPS) is 16.8. The van der Waals surface area contributed by atoms with Crippen LogP contribution < -0.4 is 5.32 Å². The minimum absolute atomic E-state index is 0.492. The molecule has 19 heavy (non-hydrogen) atoms. The highest BCUT2D eigenvalue weighted by Gasteiger charge is 2.23. The Morgan fingerprint density at radius 3 is 2.79 bits per heavy atom. The van der Waals surface area contributed by atoms with Gasteiger partial charge in [0, 0.05) is 12.6 Å². The summed E-state index contributed by atoms with van der Waals surface area (Å²) in [6.45, 7) is 7.86. The molecular weight excluding hydrogens is 232 g/mol. The molecule has 0 aliphatic heterocycles. The fraction of sp³-hybridized carbons (Fsp3) is 0.647. The van der Waals surface area contributed by atoms with E-state index in [-0.39, 0.29) is 0 Å². The minimum atomic E-state index is 0.492. The van der Waals surface area contributed by atoms with Gasteiger partial charge in [0.15, 0.2) is 0 Å². The molecule has 0 aromatic heterocycles. The molecule has 1 atom stereocenters. The number of aryl methyl sites for hydroxylation is 1. The van der Waals surface area contributed by atoms with E-state index < -0.39 is 0 Å². The van der Waals surface area contributed by atoms with Crippen molar-refractivity contribution in [2.45, 2.75) is 39.2 Å². The molecule has 1 unspecified atom stereocenters. The van der Waals surface area contributed by atoms with Crippen molar-refractivity contribution in [3.63, 3.8) is 0 Å². The van der Waals surface area contributed by atoms with Crippen LogP contribution in [0.2, 0.25) is 0 Å². The van der Waals surface area contributed by atoms with Crippen molar-refractivity contribution in [3.05, 3.63) is 35.4 Å². The largest absolute Gasteiger partial charge is 0.310 e. The van der Waals surface area contributed by atoms with Gasteiger partial charge < -0.3 is 10.2 Å². The van der Waals surface area contributed by atoms with Gasteiger partial charge in [0.25, 0.3) is 0 Å². The van der Waals surface area contributed by atoms with E-state index in [1.807, 2.05) is 0 Å². The molecule has 0 saturated heterocycles. The van der Waals surface area contributed by atoms with E-state index in [1.165, 1.54) is 43.5 Å². The van der Waals surface area contributed by atoms with Crippen LogP contribution in [0.25, 0.3) is 0 Å². The summed E-state index contributed by atoms with van der Waals surface area (Å²) in [6.07, 6.45) is 4.08. The molecule has 1 saturated carbocycles. The summed E-state index contributed by atoms with van der Waals surface area (Å²) in [5.74, 6) is 0.988. The monoisotopic (exact) mass is 260 g/mol. The van der Waals surface area contributed by atoms with Gasteiger partial charge in [-0.1, -0.05) is 36.8 Å². The van der Waals surface area contributed by atoms with Gasteiger partial charge in [-0.05, 0) is 57.8 Å². The lowest BCUT2D eigenvalue weighted by Crippen LogP contribution is -2.28. The third-order valence-corrected chi connectivity index (χ3v) is 3.96. The molecule has 0 amide bonds. The highest BCUT2D eigenvalue weighted by molar-refractivity contribution is 5.25. The van der Waals surface area contributed by atoms with E-state index in [4.69, 9.17) is 0 Å². The van der Waals surface area contributed by atoms with Crippen molar-refractivity contribution in [2.75, 3.05) is 26.7 Å². The van der Waals surface area contributed by atoms with Crippen LogP contribution in [-0.4, -0.2) is 31.6 Å². The number of hydrogen-bond acceptors (Lipinski definition) is 2. The van der Waals surface area contributed by atoms with Crippen LogP contribution in [0.4, 0.5) is 0 Å². The Balaban J connectivity index is 1.87. The zero-order valence-electron chi connectivity index (χ0n) is 12.7. The molecule has 106 valence electrons. The summed E-state index contributed by atoms with van der Waals surface area (Å²) in [7, 11) is 2.26. The highest BCUT2D eigenvalue weighted by atomic mass is 15.1. The fourth-order valence-electron chi connectivity index (χ4n) is 2.70. The van der Waals surface area contributed by atoms with E-state index in [1.54, 1.807) is 0 Å². The van der Waals surface area contributed by atoms with Crippen LogP contribution in [-0.2, 0) is 0 Å².